The van der Waals surface area contributed by atoms with Crippen molar-refractivity contribution in [3.63, 3.8) is 0 Å². The molecule has 2 saturated heterocycles. The molecular weight excluding hydrogens is 377 g/mol. The Kier molecular flexibility index (Phi) is 5.94. The summed E-state index contributed by atoms with van der Waals surface area (Å²) >= 11 is 1.77. The number of piperidine rings is 1. The van der Waals surface area contributed by atoms with Gasteiger partial charge in [0.15, 0.2) is 0 Å². The van der Waals surface area contributed by atoms with Gasteiger partial charge in [0.2, 0.25) is 0 Å². The summed E-state index contributed by atoms with van der Waals surface area (Å²) in [7, 11) is 0. The molecule has 0 bridgehead atoms. The molecule has 0 spiro atoms. The molecule has 4 rings (SSSR count). The molecule has 7 heteroatoms. The lowest BCUT2D eigenvalue weighted by Crippen LogP contribution is -2.51. The fraction of sp³-hybridized carbons (Fsp3) is 0.571. The molecule has 28 heavy (non-hydrogen) atoms. The zero-order chi connectivity index (χ0) is 19.7. The summed E-state index contributed by atoms with van der Waals surface area (Å²) in [5.41, 5.74) is 0.790. The molecule has 2 atom stereocenters. The zero-order valence-electron chi connectivity index (χ0n) is 16.3. The Hall–Kier alpha value is -1.57. The Bertz CT molecular complexity index is 734. The Morgan fingerprint density at radius 1 is 1.18 bits per heavy atom. The molecule has 1 aromatic carbocycles. The molecule has 2 amide bonds. The van der Waals surface area contributed by atoms with Gasteiger partial charge in [-0.05, 0) is 62.5 Å². The lowest BCUT2D eigenvalue weighted by molar-refractivity contribution is 0.0554. The molecule has 1 aromatic rings. The van der Waals surface area contributed by atoms with Crippen molar-refractivity contribution >= 4 is 17.8 Å². The van der Waals surface area contributed by atoms with Gasteiger partial charge in [-0.3, -0.25) is 4.90 Å². The van der Waals surface area contributed by atoms with E-state index in [1.807, 2.05) is 9.80 Å². The third-order valence-corrected chi connectivity index (χ3v) is 7.17. The van der Waals surface area contributed by atoms with Crippen LogP contribution < -0.4 is 0 Å². The van der Waals surface area contributed by atoms with Gasteiger partial charge >= 0.3 is 6.03 Å². The summed E-state index contributed by atoms with van der Waals surface area (Å²) in [6.07, 6.45) is 3.48. The predicted octanol–water partition coefficient (Wildman–Crippen LogP) is 3.29. The topological polar surface area (TPSA) is 47.0 Å². The number of hydrogen-bond donors (Lipinski definition) is 1. The van der Waals surface area contributed by atoms with Crippen LogP contribution in [0.4, 0.5) is 9.18 Å². The minimum absolute atomic E-state index is 0.136. The van der Waals surface area contributed by atoms with Crippen LogP contribution in [0.25, 0.3) is 0 Å². The number of benzene rings is 1. The number of rotatable bonds is 5. The molecule has 0 unspecified atom stereocenters. The third kappa shape index (κ3) is 4.07. The number of aliphatic hydroxyl groups is 1. The first-order valence-corrected chi connectivity index (χ1v) is 11.1. The molecular formula is C21H28FN3O2S. The number of fused-ring (bicyclic) bond motifs is 1. The van der Waals surface area contributed by atoms with E-state index in [4.69, 9.17) is 0 Å². The van der Waals surface area contributed by atoms with E-state index in [2.05, 4.69) is 17.9 Å². The van der Waals surface area contributed by atoms with E-state index in [-0.39, 0.29) is 23.8 Å². The Labute approximate surface area is 170 Å². The van der Waals surface area contributed by atoms with Gasteiger partial charge in [0.1, 0.15) is 5.82 Å². The normalized spacial score (nSPS) is 25.0. The first-order valence-electron chi connectivity index (χ1n) is 10.1. The van der Waals surface area contributed by atoms with E-state index in [0.29, 0.717) is 0 Å². The fourth-order valence-electron chi connectivity index (χ4n) is 4.36. The number of thioether (sulfide) groups is 1. The van der Waals surface area contributed by atoms with Crippen LogP contribution in [-0.4, -0.2) is 70.4 Å². The van der Waals surface area contributed by atoms with Crippen molar-refractivity contribution in [2.24, 2.45) is 5.92 Å². The molecule has 3 aliphatic heterocycles. The molecule has 0 saturated carbocycles. The predicted molar refractivity (Wildman–Crippen MR) is 109 cm³/mol. The van der Waals surface area contributed by atoms with Gasteiger partial charge in [0.25, 0.3) is 0 Å². The molecule has 2 fully saturated rings. The molecule has 3 heterocycles. The lowest BCUT2D eigenvalue weighted by Gasteiger charge is -2.39. The summed E-state index contributed by atoms with van der Waals surface area (Å²) in [5, 5.41) is 11.7. The summed E-state index contributed by atoms with van der Waals surface area (Å²) in [6.45, 7) is 6.33. The molecule has 3 aliphatic rings. The maximum absolute atomic E-state index is 13.1. The van der Waals surface area contributed by atoms with Gasteiger partial charge < -0.3 is 14.9 Å². The van der Waals surface area contributed by atoms with E-state index in [1.54, 1.807) is 23.9 Å². The SMILES string of the molecule is C[C@H]1C=C2SCCN2C(=O)N1CCN1CCC([C@@H](O)c2ccc(F)cc2)CC1. The van der Waals surface area contributed by atoms with E-state index in [1.165, 1.54) is 12.1 Å². The second-order valence-electron chi connectivity index (χ2n) is 7.90. The van der Waals surface area contributed by atoms with Gasteiger partial charge in [-0.1, -0.05) is 12.1 Å². The van der Waals surface area contributed by atoms with Crippen molar-refractivity contribution in [1.29, 1.82) is 0 Å². The minimum Gasteiger partial charge on any atom is -0.388 e. The van der Waals surface area contributed by atoms with Gasteiger partial charge in [-0.2, -0.15) is 0 Å². The fourth-order valence-corrected chi connectivity index (χ4v) is 5.46. The first kappa shape index (κ1) is 19.7. The number of halogens is 1. The average Bonchev–Trinajstić information content (AvgIpc) is 3.17. The number of likely N-dealkylation sites (tertiary alicyclic amines) is 1. The number of aliphatic hydroxyl groups excluding tert-OH is 1. The number of urea groups is 1. The van der Waals surface area contributed by atoms with Gasteiger partial charge in [0.05, 0.1) is 17.2 Å². The van der Waals surface area contributed by atoms with E-state index in [9.17, 15) is 14.3 Å². The van der Waals surface area contributed by atoms with Crippen LogP contribution in [0.15, 0.2) is 35.4 Å². The highest BCUT2D eigenvalue weighted by Crippen LogP contribution is 2.34. The van der Waals surface area contributed by atoms with Crippen LogP contribution in [0.1, 0.15) is 31.4 Å². The second kappa shape index (κ2) is 8.43. The van der Waals surface area contributed by atoms with Crippen LogP contribution >= 0.6 is 11.8 Å². The maximum Gasteiger partial charge on any atom is 0.325 e. The molecule has 0 aliphatic carbocycles. The molecule has 1 N–H and O–H groups in total. The molecule has 5 nitrogen and oxygen atoms in total. The molecule has 0 aromatic heterocycles. The van der Waals surface area contributed by atoms with E-state index in [0.717, 1.165) is 61.9 Å². The zero-order valence-corrected chi connectivity index (χ0v) is 17.1. The number of nitrogens with zero attached hydrogens (tertiary/aromatic N) is 3. The molecule has 0 radical (unpaired) electrons. The minimum atomic E-state index is -0.539. The van der Waals surface area contributed by atoms with Crippen molar-refractivity contribution in [3.05, 3.63) is 46.8 Å². The Balaban J connectivity index is 1.27. The van der Waals surface area contributed by atoms with Crippen LogP contribution in [0, 0.1) is 11.7 Å². The quantitative estimate of drug-likeness (QED) is 0.817. The Morgan fingerprint density at radius 2 is 1.89 bits per heavy atom. The van der Waals surface area contributed by atoms with E-state index >= 15 is 0 Å². The lowest BCUT2D eigenvalue weighted by atomic mass is 9.87. The maximum atomic E-state index is 13.1. The second-order valence-corrected chi connectivity index (χ2v) is 9.01. The van der Waals surface area contributed by atoms with Crippen molar-refractivity contribution in [1.82, 2.24) is 14.7 Å². The van der Waals surface area contributed by atoms with Crippen molar-refractivity contribution in [2.45, 2.75) is 31.9 Å². The highest BCUT2D eigenvalue weighted by Gasteiger charge is 2.35. The monoisotopic (exact) mass is 405 g/mol. The average molecular weight is 406 g/mol. The van der Waals surface area contributed by atoms with Gasteiger partial charge in [0, 0.05) is 25.4 Å². The summed E-state index contributed by atoms with van der Waals surface area (Å²) in [6, 6.07) is 6.44. The number of carbonyl (C=O) groups is 1. The van der Waals surface area contributed by atoms with Crippen LogP contribution in [-0.2, 0) is 0 Å². The van der Waals surface area contributed by atoms with Crippen molar-refractivity contribution in [2.75, 3.05) is 38.5 Å². The van der Waals surface area contributed by atoms with E-state index < -0.39 is 6.10 Å². The number of amides is 2. The standard InChI is InChI=1S/C21H28FN3O2S/c1-15-14-19-25(12-13-28-19)21(27)24(15)11-10-23-8-6-17(7-9-23)20(26)16-2-4-18(22)5-3-16/h2-5,14-15,17,20,26H,6-13H2,1H3/t15-,20-/m0/s1. The highest BCUT2D eigenvalue weighted by atomic mass is 32.2. The van der Waals surface area contributed by atoms with Crippen molar-refractivity contribution < 1.29 is 14.3 Å². The van der Waals surface area contributed by atoms with Crippen LogP contribution in [0.2, 0.25) is 0 Å². The number of hydrogen-bond acceptors (Lipinski definition) is 4. The van der Waals surface area contributed by atoms with Gasteiger partial charge in [-0.15, -0.1) is 11.8 Å². The van der Waals surface area contributed by atoms with Crippen LogP contribution in [0.3, 0.4) is 0 Å². The smallest absolute Gasteiger partial charge is 0.325 e. The van der Waals surface area contributed by atoms with Gasteiger partial charge in [-0.25, -0.2) is 9.18 Å². The van der Waals surface area contributed by atoms with Crippen molar-refractivity contribution in [3.8, 4) is 0 Å². The summed E-state index contributed by atoms with van der Waals surface area (Å²) < 4.78 is 13.1. The van der Waals surface area contributed by atoms with Crippen LogP contribution in [0.5, 0.6) is 0 Å². The highest BCUT2D eigenvalue weighted by molar-refractivity contribution is 8.03. The third-order valence-electron chi connectivity index (χ3n) is 6.13. The first-order chi connectivity index (χ1) is 13.5. The Morgan fingerprint density at radius 3 is 2.61 bits per heavy atom. The summed E-state index contributed by atoms with van der Waals surface area (Å²) in [4.78, 5) is 19.0. The number of carbonyl (C=O) groups excluding carboxylic acids is 1. The summed E-state index contributed by atoms with van der Waals surface area (Å²) in [5.74, 6) is 0.910. The largest absolute Gasteiger partial charge is 0.388 e. The molecule has 152 valence electrons.